The lowest BCUT2D eigenvalue weighted by Crippen LogP contribution is -2.21. The minimum absolute atomic E-state index is 0.0925. The van der Waals surface area contributed by atoms with Crippen molar-refractivity contribution in [2.45, 2.75) is 12.7 Å². The van der Waals surface area contributed by atoms with E-state index in [9.17, 15) is 4.79 Å². The van der Waals surface area contributed by atoms with Gasteiger partial charge in [0.05, 0.1) is 11.5 Å². The molecule has 0 fully saturated rings. The number of rotatable bonds is 6. The summed E-state index contributed by atoms with van der Waals surface area (Å²) < 4.78 is 0.988. The zero-order chi connectivity index (χ0) is 18.4. The smallest absolute Gasteiger partial charge is 0.250 e. The molecule has 3 rings (SSSR count). The molecule has 0 aliphatic carbocycles. The number of halogens is 1. The molecular weight excluding hydrogens is 408 g/mol. The summed E-state index contributed by atoms with van der Waals surface area (Å²) in [6.07, 6.45) is 0. The Morgan fingerprint density at radius 3 is 2.65 bits per heavy atom. The lowest BCUT2D eigenvalue weighted by atomic mass is 10.1. The highest BCUT2D eigenvalue weighted by Gasteiger charge is 2.03. The lowest BCUT2D eigenvalue weighted by Gasteiger charge is -2.05. The number of thioether (sulfide) groups is 1. The highest BCUT2D eigenvalue weighted by molar-refractivity contribution is 9.10. The molecule has 3 aromatic rings. The maximum absolute atomic E-state index is 12.0. The van der Waals surface area contributed by atoms with Gasteiger partial charge in [-0.3, -0.25) is 4.79 Å². The molecule has 0 heterocycles. The van der Waals surface area contributed by atoms with Gasteiger partial charge in [0.25, 0.3) is 0 Å². The van der Waals surface area contributed by atoms with Crippen molar-refractivity contribution in [3.05, 3.63) is 82.3 Å². The Balaban J connectivity index is 1.49. The van der Waals surface area contributed by atoms with Crippen LogP contribution in [0.4, 0.5) is 0 Å². The van der Waals surface area contributed by atoms with Gasteiger partial charge in [-0.25, -0.2) is 5.43 Å². The first-order chi connectivity index (χ1) is 12.6. The Hall–Kier alpha value is -2.11. The van der Waals surface area contributed by atoms with E-state index in [1.165, 1.54) is 16.3 Å². The number of carbonyl (C=O) groups is 1. The van der Waals surface area contributed by atoms with Gasteiger partial charge in [0, 0.05) is 10.2 Å². The number of carbonyl (C=O) groups excluding carboxylic acids is 1. The quantitative estimate of drug-likeness (QED) is 0.424. The van der Waals surface area contributed by atoms with Crippen molar-refractivity contribution in [1.82, 2.24) is 5.43 Å². The van der Waals surface area contributed by atoms with E-state index >= 15 is 0 Å². The fourth-order valence-corrected chi connectivity index (χ4v) is 3.71. The maximum atomic E-state index is 12.0. The summed E-state index contributed by atoms with van der Waals surface area (Å²) in [5, 5.41) is 6.64. The summed E-state index contributed by atoms with van der Waals surface area (Å²) in [5.41, 5.74) is 5.60. The number of fused-ring (bicyclic) bond motifs is 1. The van der Waals surface area contributed by atoms with Crippen molar-refractivity contribution in [1.29, 1.82) is 0 Å². The Labute approximate surface area is 166 Å². The number of nitrogens with zero attached hydrogens (tertiary/aromatic N) is 1. The van der Waals surface area contributed by atoms with Gasteiger partial charge in [-0.15, -0.1) is 11.8 Å². The van der Waals surface area contributed by atoms with Crippen LogP contribution in [0.15, 0.2) is 76.3 Å². The number of nitrogens with one attached hydrogen (secondary N) is 1. The fourth-order valence-electron chi connectivity index (χ4n) is 2.55. The Bertz CT molecular complexity index is 955. The average molecular weight is 427 g/mol. The summed E-state index contributed by atoms with van der Waals surface area (Å²) in [6.45, 7) is 1.88. The molecule has 0 aromatic heterocycles. The van der Waals surface area contributed by atoms with Crippen LogP contribution in [-0.2, 0) is 10.5 Å². The largest absolute Gasteiger partial charge is 0.272 e. The molecule has 0 spiro atoms. The second-order valence-corrected chi connectivity index (χ2v) is 7.82. The van der Waals surface area contributed by atoms with Crippen molar-refractivity contribution in [2.24, 2.45) is 5.10 Å². The van der Waals surface area contributed by atoms with Crippen LogP contribution in [0.25, 0.3) is 10.8 Å². The van der Waals surface area contributed by atoms with Crippen LogP contribution in [0.2, 0.25) is 0 Å². The molecule has 0 bridgehead atoms. The van der Waals surface area contributed by atoms with Crippen LogP contribution >= 0.6 is 27.7 Å². The maximum Gasteiger partial charge on any atom is 0.250 e. The highest BCUT2D eigenvalue weighted by atomic mass is 79.9. The summed E-state index contributed by atoms with van der Waals surface area (Å²) in [6, 6.07) is 22.5. The van der Waals surface area contributed by atoms with Crippen LogP contribution in [0.5, 0.6) is 0 Å². The van der Waals surface area contributed by atoms with Gasteiger partial charge in [0.1, 0.15) is 0 Å². The lowest BCUT2D eigenvalue weighted by molar-refractivity contribution is -0.118. The molecule has 0 saturated heterocycles. The fraction of sp³-hybridized carbons (Fsp3) is 0.143. The summed E-state index contributed by atoms with van der Waals surface area (Å²) in [7, 11) is 0. The molecule has 0 unspecified atom stereocenters. The molecule has 3 nitrogen and oxygen atoms in total. The predicted octanol–water partition coefficient (Wildman–Crippen LogP) is 5.38. The third-order valence-electron chi connectivity index (χ3n) is 3.91. The second kappa shape index (κ2) is 9.01. The topological polar surface area (TPSA) is 41.5 Å². The van der Waals surface area contributed by atoms with Crippen molar-refractivity contribution in [3.63, 3.8) is 0 Å². The summed E-state index contributed by atoms with van der Waals surface area (Å²) in [4.78, 5) is 12.0. The molecule has 5 heteroatoms. The Morgan fingerprint density at radius 1 is 1.04 bits per heavy atom. The number of hydrogen-bond donors (Lipinski definition) is 1. The molecule has 0 radical (unpaired) electrons. The number of amides is 1. The zero-order valence-corrected chi connectivity index (χ0v) is 16.8. The van der Waals surface area contributed by atoms with Crippen LogP contribution in [0, 0.1) is 0 Å². The molecule has 0 aliphatic heterocycles. The molecule has 0 saturated carbocycles. The standard InChI is InChI=1S/C21H19BrN2OS/c1-15(18-7-4-8-20(22)12-18)23-24-21(25)14-26-13-16-9-10-17-5-2-3-6-19(17)11-16/h2-12H,13-14H2,1H3,(H,24,25)/b23-15-. The van der Waals surface area contributed by atoms with E-state index in [0.29, 0.717) is 5.75 Å². The third-order valence-corrected chi connectivity index (χ3v) is 5.40. The van der Waals surface area contributed by atoms with Gasteiger partial charge >= 0.3 is 0 Å². The van der Waals surface area contributed by atoms with Crippen LogP contribution in [0.3, 0.4) is 0 Å². The molecular formula is C21H19BrN2OS. The van der Waals surface area contributed by atoms with Crippen molar-refractivity contribution in [3.8, 4) is 0 Å². The van der Waals surface area contributed by atoms with Gasteiger partial charge in [0.2, 0.25) is 5.91 Å². The minimum atomic E-state index is -0.0925. The van der Waals surface area contributed by atoms with Crippen LogP contribution in [-0.4, -0.2) is 17.4 Å². The van der Waals surface area contributed by atoms with E-state index in [2.05, 4.69) is 56.8 Å². The Kier molecular flexibility index (Phi) is 6.47. The van der Waals surface area contributed by atoms with E-state index in [1.807, 2.05) is 43.3 Å². The second-order valence-electron chi connectivity index (χ2n) is 5.92. The van der Waals surface area contributed by atoms with E-state index < -0.39 is 0 Å². The predicted molar refractivity (Wildman–Crippen MR) is 115 cm³/mol. The van der Waals surface area contributed by atoms with Gasteiger partial charge < -0.3 is 0 Å². The first-order valence-corrected chi connectivity index (χ1v) is 10.2. The van der Waals surface area contributed by atoms with Gasteiger partial charge in [0.15, 0.2) is 0 Å². The van der Waals surface area contributed by atoms with E-state index in [4.69, 9.17) is 0 Å². The van der Waals surface area contributed by atoms with Crippen LogP contribution in [0.1, 0.15) is 18.1 Å². The molecule has 1 N–H and O–H groups in total. The van der Waals surface area contributed by atoms with E-state index in [1.54, 1.807) is 11.8 Å². The highest BCUT2D eigenvalue weighted by Crippen LogP contribution is 2.19. The minimum Gasteiger partial charge on any atom is -0.272 e. The molecule has 132 valence electrons. The van der Waals surface area contributed by atoms with Crippen LogP contribution < -0.4 is 5.43 Å². The number of hydrazone groups is 1. The van der Waals surface area contributed by atoms with Crippen molar-refractivity contribution in [2.75, 3.05) is 5.75 Å². The van der Waals surface area contributed by atoms with Crippen molar-refractivity contribution < 1.29 is 4.79 Å². The molecule has 0 atom stereocenters. The molecule has 0 aliphatic rings. The normalized spacial score (nSPS) is 11.5. The average Bonchev–Trinajstić information content (AvgIpc) is 2.66. The first-order valence-electron chi connectivity index (χ1n) is 8.26. The first kappa shape index (κ1) is 18.7. The van der Waals surface area contributed by atoms with Gasteiger partial charge in [-0.1, -0.05) is 70.5 Å². The van der Waals surface area contributed by atoms with Gasteiger partial charge in [-0.05, 0) is 41.0 Å². The third kappa shape index (κ3) is 5.19. The molecule has 1 amide bonds. The molecule has 3 aromatic carbocycles. The monoisotopic (exact) mass is 426 g/mol. The van der Waals surface area contributed by atoms with E-state index in [-0.39, 0.29) is 5.91 Å². The van der Waals surface area contributed by atoms with Gasteiger partial charge in [-0.2, -0.15) is 5.10 Å². The van der Waals surface area contributed by atoms with E-state index in [0.717, 1.165) is 21.5 Å². The number of benzene rings is 3. The summed E-state index contributed by atoms with van der Waals surface area (Å²) in [5.74, 6) is 1.08. The zero-order valence-electron chi connectivity index (χ0n) is 14.4. The summed E-state index contributed by atoms with van der Waals surface area (Å²) >= 11 is 5.02. The number of hydrogen-bond acceptors (Lipinski definition) is 3. The van der Waals surface area contributed by atoms with Crippen molar-refractivity contribution >= 4 is 50.1 Å². The Morgan fingerprint density at radius 2 is 1.85 bits per heavy atom. The SMILES string of the molecule is C/C(=N/NC(=O)CSCc1ccc2ccccc2c1)c1cccc(Br)c1. The molecule has 26 heavy (non-hydrogen) atoms.